The molecule has 1 aromatic heterocycles. The van der Waals surface area contributed by atoms with Crippen LogP contribution in [-0.4, -0.2) is 23.0 Å². The number of halogens is 2. The molecular formula is C14H25Cl2N3OS. The summed E-state index contributed by atoms with van der Waals surface area (Å²) in [6, 6.07) is 0. The predicted molar refractivity (Wildman–Crippen MR) is 92.8 cm³/mol. The summed E-state index contributed by atoms with van der Waals surface area (Å²) < 4.78 is 0. The number of carbonyl (C=O) groups is 1. The van der Waals surface area contributed by atoms with Crippen molar-refractivity contribution in [2.24, 2.45) is 5.73 Å². The van der Waals surface area contributed by atoms with E-state index in [1.807, 2.05) is 13.8 Å². The molecule has 21 heavy (non-hydrogen) atoms. The van der Waals surface area contributed by atoms with Gasteiger partial charge in [-0.3, -0.25) is 4.79 Å². The summed E-state index contributed by atoms with van der Waals surface area (Å²) in [5, 5.41) is 4.08. The van der Waals surface area contributed by atoms with Crippen LogP contribution in [0.3, 0.4) is 0 Å². The smallest absolute Gasteiger partial charge is 0.240 e. The monoisotopic (exact) mass is 353 g/mol. The molecule has 0 aromatic carbocycles. The lowest BCUT2D eigenvalue weighted by molar-refractivity contribution is -0.127. The molecule has 3 N–H and O–H groups in total. The number of thiazole rings is 1. The molecule has 0 bridgehead atoms. The number of hydrogen-bond donors (Lipinski definition) is 2. The Bertz CT molecular complexity index is 459. The van der Waals surface area contributed by atoms with Crippen LogP contribution in [0.1, 0.15) is 47.7 Å². The highest BCUT2D eigenvalue weighted by Gasteiger charge is 2.34. The van der Waals surface area contributed by atoms with Crippen LogP contribution in [0.2, 0.25) is 0 Å². The van der Waals surface area contributed by atoms with Gasteiger partial charge in [-0.05, 0) is 26.7 Å². The Labute approximate surface area is 143 Å². The summed E-state index contributed by atoms with van der Waals surface area (Å²) in [6.07, 6.45) is 5.81. The van der Waals surface area contributed by atoms with E-state index >= 15 is 0 Å². The number of nitrogens with one attached hydrogen (secondary N) is 1. The molecule has 1 aliphatic rings. The standard InChI is InChI=1S/C14H23N3OS.2ClH/c1-10-12(19-11(2)17-10)6-9-16-13(18)14(15)7-4-3-5-8-14;;/h3-9,15H2,1-2H3,(H,16,18);2*1H. The van der Waals surface area contributed by atoms with Gasteiger partial charge < -0.3 is 11.1 Å². The van der Waals surface area contributed by atoms with Crippen molar-refractivity contribution in [1.82, 2.24) is 10.3 Å². The Kier molecular flexibility index (Phi) is 8.78. The molecule has 122 valence electrons. The van der Waals surface area contributed by atoms with Crippen molar-refractivity contribution >= 4 is 42.1 Å². The third kappa shape index (κ3) is 5.40. The van der Waals surface area contributed by atoms with Crippen molar-refractivity contribution in [3.63, 3.8) is 0 Å². The number of nitrogens with two attached hydrogens (primary N) is 1. The van der Waals surface area contributed by atoms with E-state index in [0.29, 0.717) is 6.54 Å². The lowest BCUT2D eigenvalue weighted by atomic mass is 9.82. The first-order valence-corrected chi connectivity index (χ1v) is 7.83. The zero-order valence-electron chi connectivity index (χ0n) is 12.6. The van der Waals surface area contributed by atoms with Crippen molar-refractivity contribution < 1.29 is 4.79 Å². The SMILES string of the molecule is Cc1nc(C)c(CCNC(=O)C2(N)CCCCC2)s1.Cl.Cl. The van der Waals surface area contributed by atoms with Gasteiger partial charge in [-0.1, -0.05) is 19.3 Å². The fourth-order valence-corrected chi connectivity index (χ4v) is 3.62. The second-order valence-corrected chi connectivity index (χ2v) is 6.75. The summed E-state index contributed by atoms with van der Waals surface area (Å²) >= 11 is 1.71. The van der Waals surface area contributed by atoms with Crippen molar-refractivity contribution in [2.45, 2.75) is 57.9 Å². The van der Waals surface area contributed by atoms with Gasteiger partial charge in [0, 0.05) is 17.8 Å². The van der Waals surface area contributed by atoms with E-state index in [4.69, 9.17) is 5.73 Å². The average molecular weight is 354 g/mol. The molecule has 1 amide bonds. The number of amides is 1. The maximum Gasteiger partial charge on any atom is 0.240 e. The number of aryl methyl sites for hydroxylation is 2. The molecule has 1 aliphatic carbocycles. The van der Waals surface area contributed by atoms with Crippen LogP contribution in [0, 0.1) is 13.8 Å². The van der Waals surface area contributed by atoms with Crippen LogP contribution >= 0.6 is 36.2 Å². The number of nitrogens with zero attached hydrogens (tertiary/aromatic N) is 1. The summed E-state index contributed by atoms with van der Waals surface area (Å²) in [5.74, 6) is 0.0195. The zero-order chi connectivity index (χ0) is 13.9. The summed E-state index contributed by atoms with van der Waals surface area (Å²) in [7, 11) is 0. The topological polar surface area (TPSA) is 68.0 Å². The summed E-state index contributed by atoms with van der Waals surface area (Å²) in [5.41, 5.74) is 6.65. The molecule has 1 heterocycles. The Morgan fingerprint density at radius 2 is 1.90 bits per heavy atom. The van der Waals surface area contributed by atoms with Gasteiger partial charge in [0.2, 0.25) is 5.91 Å². The highest BCUT2D eigenvalue weighted by atomic mass is 35.5. The molecule has 2 rings (SSSR count). The van der Waals surface area contributed by atoms with Crippen LogP contribution < -0.4 is 11.1 Å². The van der Waals surface area contributed by atoms with Crippen LogP contribution in [0.25, 0.3) is 0 Å². The molecule has 0 saturated heterocycles. The van der Waals surface area contributed by atoms with E-state index in [0.717, 1.165) is 42.8 Å². The van der Waals surface area contributed by atoms with Gasteiger partial charge >= 0.3 is 0 Å². The van der Waals surface area contributed by atoms with Crippen LogP contribution in [0.15, 0.2) is 0 Å². The molecule has 1 aromatic rings. The van der Waals surface area contributed by atoms with Gasteiger partial charge in [0.15, 0.2) is 0 Å². The van der Waals surface area contributed by atoms with Crippen LogP contribution in [-0.2, 0) is 11.2 Å². The minimum Gasteiger partial charge on any atom is -0.354 e. The van der Waals surface area contributed by atoms with E-state index in [1.54, 1.807) is 11.3 Å². The maximum atomic E-state index is 12.2. The summed E-state index contributed by atoms with van der Waals surface area (Å²) in [6.45, 7) is 4.68. The first-order valence-electron chi connectivity index (χ1n) is 7.01. The lowest BCUT2D eigenvalue weighted by Crippen LogP contribution is -2.55. The van der Waals surface area contributed by atoms with Crippen LogP contribution in [0.5, 0.6) is 0 Å². The summed E-state index contributed by atoms with van der Waals surface area (Å²) in [4.78, 5) is 17.8. The van der Waals surface area contributed by atoms with E-state index in [1.165, 1.54) is 11.3 Å². The fraction of sp³-hybridized carbons (Fsp3) is 0.714. The minimum atomic E-state index is -0.628. The van der Waals surface area contributed by atoms with Crippen molar-refractivity contribution in [1.29, 1.82) is 0 Å². The van der Waals surface area contributed by atoms with E-state index in [2.05, 4.69) is 10.3 Å². The minimum absolute atomic E-state index is 0. The largest absolute Gasteiger partial charge is 0.354 e. The maximum absolute atomic E-state index is 12.2. The Balaban J connectivity index is 0.00000200. The van der Waals surface area contributed by atoms with Gasteiger partial charge in [0.25, 0.3) is 0 Å². The van der Waals surface area contributed by atoms with Crippen LogP contribution in [0.4, 0.5) is 0 Å². The third-order valence-corrected chi connectivity index (χ3v) is 4.97. The number of carbonyl (C=O) groups excluding carboxylic acids is 1. The first kappa shape index (κ1) is 20.6. The molecule has 1 saturated carbocycles. The van der Waals surface area contributed by atoms with Crippen molar-refractivity contribution in [3.8, 4) is 0 Å². The number of aromatic nitrogens is 1. The highest BCUT2D eigenvalue weighted by Crippen LogP contribution is 2.26. The van der Waals surface area contributed by atoms with E-state index < -0.39 is 5.54 Å². The second-order valence-electron chi connectivity index (χ2n) is 5.46. The molecular weight excluding hydrogens is 329 g/mol. The van der Waals surface area contributed by atoms with Gasteiger partial charge in [0.1, 0.15) is 0 Å². The Morgan fingerprint density at radius 1 is 1.29 bits per heavy atom. The molecule has 0 unspecified atom stereocenters. The fourth-order valence-electron chi connectivity index (χ4n) is 2.68. The molecule has 1 fully saturated rings. The van der Waals surface area contributed by atoms with Gasteiger partial charge in [-0.2, -0.15) is 0 Å². The van der Waals surface area contributed by atoms with Gasteiger partial charge in [-0.25, -0.2) is 4.98 Å². The van der Waals surface area contributed by atoms with Gasteiger partial charge in [0.05, 0.1) is 16.2 Å². The molecule has 7 heteroatoms. The lowest BCUT2D eigenvalue weighted by Gasteiger charge is -2.31. The molecule has 0 aliphatic heterocycles. The normalized spacial score (nSPS) is 16.5. The molecule has 0 atom stereocenters. The number of rotatable bonds is 4. The van der Waals surface area contributed by atoms with Gasteiger partial charge in [-0.15, -0.1) is 36.2 Å². The molecule has 0 spiro atoms. The first-order chi connectivity index (χ1) is 9.01. The van der Waals surface area contributed by atoms with Crippen molar-refractivity contribution in [2.75, 3.05) is 6.54 Å². The predicted octanol–water partition coefficient (Wildman–Crippen LogP) is 2.92. The molecule has 4 nitrogen and oxygen atoms in total. The number of hydrogen-bond acceptors (Lipinski definition) is 4. The Morgan fingerprint density at radius 3 is 2.43 bits per heavy atom. The van der Waals surface area contributed by atoms with Crippen molar-refractivity contribution in [3.05, 3.63) is 15.6 Å². The Hall–Kier alpha value is -0.360. The highest BCUT2D eigenvalue weighted by molar-refractivity contribution is 7.11. The third-order valence-electron chi connectivity index (χ3n) is 3.84. The molecule has 0 radical (unpaired) electrons. The second kappa shape index (κ2) is 8.93. The van der Waals surface area contributed by atoms with E-state index in [9.17, 15) is 4.79 Å². The average Bonchev–Trinajstić information content (AvgIpc) is 2.69. The van der Waals surface area contributed by atoms with E-state index in [-0.39, 0.29) is 30.7 Å². The zero-order valence-corrected chi connectivity index (χ0v) is 15.1. The quantitative estimate of drug-likeness (QED) is 0.874.